The van der Waals surface area contributed by atoms with Gasteiger partial charge >= 0.3 is 0 Å². The molecule has 0 aliphatic heterocycles. The van der Waals surface area contributed by atoms with Crippen molar-refractivity contribution in [2.24, 2.45) is 0 Å². The van der Waals surface area contributed by atoms with Gasteiger partial charge in [-0.15, -0.1) is 11.3 Å². The number of likely N-dealkylation sites (N-methyl/N-ethyl adjacent to an activating group) is 1. The Kier molecular flexibility index (Phi) is 7.56. The monoisotopic (exact) mass is 435 g/mol. The van der Waals surface area contributed by atoms with E-state index in [0.717, 1.165) is 21.8 Å². The number of anilines is 1. The second-order valence-electron chi connectivity index (χ2n) is 7.16. The number of hydrogen-bond donors (Lipinski definition) is 1. The van der Waals surface area contributed by atoms with Crippen molar-refractivity contribution in [2.75, 3.05) is 18.9 Å². The molecule has 0 saturated carbocycles. The van der Waals surface area contributed by atoms with Gasteiger partial charge in [0.15, 0.2) is 0 Å². The van der Waals surface area contributed by atoms with E-state index in [9.17, 15) is 9.59 Å². The molecule has 0 radical (unpaired) electrons. The standard InChI is InChI=1S/C24H25N3O3S/c1-17-7-10-20(11-8-17)26-23(28)14-27(3)24(29)12-9-19-5-4-6-22(13-19)30-15-21-16-31-18(2)25-21/h4-13,16H,14-15H2,1-3H3,(H,26,28)/b12-9+. The van der Waals surface area contributed by atoms with Crippen LogP contribution in [0.15, 0.2) is 60.0 Å². The number of benzene rings is 2. The Bertz CT molecular complexity index is 1070. The van der Waals surface area contributed by atoms with Crippen molar-refractivity contribution < 1.29 is 14.3 Å². The lowest BCUT2D eigenvalue weighted by molar-refractivity contribution is -0.129. The van der Waals surface area contributed by atoms with Gasteiger partial charge in [0.25, 0.3) is 0 Å². The lowest BCUT2D eigenvalue weighted by Crippen LogP contribution is -2.33. The molecule has 0 bridgehead atoms. The van der Waals surface area contributed by atoms with Crippen molar-refractivity contribution in [3.8, 4) is 5.75 Å². The second kappa shape index (κ2) is 10.5. The molecular formula is C24H25N3O3S. The smallest absolute Gasteiger partial charge is 0.246 e. The minimum atomic E-state index is -0.261. The predicted molar refractivity (Wildman–Crippen MR) is 124 cm³/mol. The predicted octanol–water partition coefficient (Wildman–Crippen LogP) is 4.45. The number of aryl methyl sites for hydroxylation is 2. The highest BCUT2D eigenvalue weighted by molar-refractivity contribution is 7.09. The molecule has 1 aromatic heterocycles. The molecule has 0 unspecified atom stereocenters. The summed E-state index contributed by atoms with van der Waals surface area (Å²) in [5, 5.41) is 5.77. The van der Waals surface area contributed by atoms with Gasteiger partial charge in [-0.1, -0.05) is 29.8 Å². The maximum Gasteiger partial charge on any atom is 0.246 e. The summed E-state index contributed by atoms with van der Waals surface area (Å²) >= 11 is 1.59. The fourth-order valence-electron chi connectivity index (χ4n) is 2.77. The van der Waals surface area contributed by atoms with E-state index in [1.807, 2.05) is 67.8 Å². The zero-order valence-corrected chi connectivity index (χ0v) is 18.6. The van der Waals surface area contributed by atoms with E-state index in [0.29, 0.717) is 18.0 Å². The highest BCUT2D eigenvalue weighted by atomic mass is 32.1. The van der Waals surface area contributed by atoms with Gasteiger partial charge < -0.3 is 15.0 Å². The first-order valence-electron chi connectivity index (χ1n) is 9.82. The van der Waals surface area contributed by atoms with Gasteiger partial charge in [0, 0.05) is 24.2 Å². The topological polar surface area (TPSA) is 71.5 Å². The third-order valence-electron chi connectivity index (χ3n) is 4.42. The average molecular weight is 436 g/mol. The van der Waals surface area contributed by atoms with Gasteiger partial charge in [-0.05, 0) is 49.8 Å². The van der Waals surface area contributed by atoms with Crippen LogP contribution in [0.1, 0.15) is 21.8 Å². The molecule has 2 amide bonds. The molecule has 0 fully saturated rings. The number of nitrogens with zero attached hydrogens (tertiary/aromatic N) is 2. The van der Waals surface area contributed by atoms with Crippen LogP contribution in [0, 0.1) is 13.8 Å². The second-order valence-corrected chi connectivity index (χ2v) is 8.22. The number of carbonyl (C=O) groups excluding carboxylic acids is 2. The van der Waals surface area contributed by atoms with Crippen LogP contribution in [0.2, 0.25) is 0 Å². The quantitative estimate of drug-likeness (QED) is 0.531. The van der Waals surface area contributed by atoms with E-state index in [2.05, 4.69) is 10.3 Å². The third kappa shape index (κ3) is 7.08. The third-order valence-corrected chi connectivity index (χ3v) is 5.24. The highest BCUT2D eigenvalue weighted by Gasteiger charge is 2.11. The van der Waals surface area contributed by atoms with Gasteiger partial charge in [0.1, 0.15) is 12.4 Å². The Hall–Kier alpha value is -3.45. The molecule has 0 atom stereocenters. The van der Waals surface area contributed by atoms with Crippen molar-refractivity contribution in [1.82, 2.24) is 9.88 Å². The molecule has 3 rings (SSSR count). The van der Waals surface area contributed by atoms with Crippen LogP contribution in [0.5, 0.6) is 5.75 Å². The van der Waals surface area contributed by atoms with Crippen molar-refractivity contribution >= 4 is 34.9 Å². The largest absolute Gasteiger partial charge is 0.487 e. The summed E-state index contributed by atoms with van der Waals surface area (Å²) in [4.78, 5) is 30.3. The minimum absolute atomic E-state index is 0.0345. The number of rotatable bonds is 8. The van der Waals surface area contributed by atoms with Gasteiger partial charge in [-0.3, -0.25) is 9.59 Å². The fourth-order valence-corrected chi connectivity index (χ4v) is 3.36. The summed E-state index contributed by atoms with van der Waals surface area (Å²) in [7, 11) is 1.59. The molecule has 3 aromatic rings. The van der Waals surface area contributed by atoms with Gasteiger partial charge in [0.05, 0.1) is 17.2 Å². The van der Waals surface area contributed by atoms with E-state index in [1.165, 1.54) is 11.0 Å². The van der Waals surface area contributed by atoms with Crippen molar-refractivity contribution in [3.63, 3.8) is 0 Å². The van der Waals surface area contributed by atoms with Gasteiger partial charge in [-0.25, -0.2) is 4.98 Å². The molecule has 1 heterocycles. The zero-order chi connectivity index (χ0) is 22.2. The SMILES string of the molecule is Cc1ccc(NC(=O)CN(C)C(=O)/C=C/c2cccc(OCc3csc(C)n3)c2)cc1. The van der Waals surface area contributed by atoms with Crippen LogP contribution in [-0.2, 0) is 16.2 Å². The number of amides is 2. The number of aromatic nitrogens is 1. The molecule has 1 N–H and O–H groups in total. The van der Waals surface area contributed by atoms with Crippen LogP contribution in [-0.4, -0.2) is 35.3 Å². The molecule has 7 heteroatoms. The molecule has 6 nitrogen and oxygen atoms in total. The Morgan fingerprint density at radius 3 is 2.65 bits per heavy atom. The molecule has 31 heavy (non-hydrogen) atoms. The van der Waals surface area contributed by atoms with E-state index in [-0.39, 0.29) is 18.4 Å². The highest BCUT2D eigenvalue weighted by Crippen LogP contribution is 2.17. The normalized spacial score (nSPS) is 10.8. The summed E-state index contributed by atoms with van der Waals surface area (Å²) in [6, 6.07) is 15.0. The van der Waals surface area contributed by atoms with Gasteiger partial charge in [-0.2, -0.15) is 0 Å². The first-order valence-corrected chi connectivity index (χ1v) is 10.7. The number of nitrogens with one attached hydrogen (secondary N) is 1. The minimum Gasteiger partial charge on any atom is -0.487 e. The maximum atomic E-state index is 12.4. The Labute approximate surface area is 186 Å². The summed E-state index contributed by atoms with van der Waals surface area (Å²) in [5.74, 6) is 0.190. The molecule has 2 aromatic carbocycles. The fraction of sp³-hybridized carbons (Fsp3) is 0.208. The zero-order valence-electron chi connectivity index (χ0n) is 17.8. The molecule has 0 aliphatic rings. The van der Waals surface area contributed by atoms with Gasteiger partial charge in [0.2, 0.25) is 11.8 Å². The number of carbonyl (C=O) groups is 2. The lowest BCUT2D eigenvalue weighted by Gasteiger charge is -2.15. The first-order chi connectivity index (χ1) is 14.9. The summed E-state index contributed by atoms with van der Waals surface area (Å²) < 4.78 is 5.78. The van der Waals surface area contributed by atoms with E-state index >= 15 is 0 Å². The molecule has 0 spiro atoms. The summed E-state index contributed by atoms with van der Waals surface area (Å²) in [6.45, 7) is 4.30. The van der Waals surface area contributed by atoms with E-state index in [1.54, 1.807) is 24.5 Å². The molecule has 160 valence electrons. The number of thiazole rings is 1. The van der Waals surface area contributed by atoms with Crippen LogP contribution < -0.4 is 10.1 Å². The lowest BCUT2D eigenvalue weighted by atomic mass is 10.2. The first kappa shape index (κ1) is 22.2. The van der Waals surface area contributed by atoms with Crippen LogP contribution in [0.3, 0.4) is 0 Å². The van der Waals surface area contributed by atoms with E-state index < -0.39 is 0 Å². The molecule has 0 aliphatic carbocycles. The average Bonchev–Trinajstić information content (AvgIpc) is 3.17. The summed E-state index contributed by atoms with van der Waals surface area (Å²) in [6.07, 6.45) is 3.15. The van der Waals surface area contributed by atoms with E-state index in [4.69, 9.17) is 4.74 Å². The number of hydrogen-bond acceptors (Lipinski definition) is 5. The molecular weight excluding hydrogens is 410 g/mol. The number of ether oxygens (including phenoxy) is 1. The Morgan fingerprint density at radius 2 is 1.94 bits per heavy atom. The molecule has 0 saturated heterocycles. The van der Waals surface area contributed by atoms with Crippen LogP contribution in [0.25, 0.3) is 6.08 Å². The van der Waals surface area contributed by atoms with Crippen LogP contribution in [0.4, 0.5) is 5.69 Å². The van der Waals surface area contributed by atoms with Crippen molar-refractivity contribution in [3.05, 3.63) is 81.8 Å². The van der Waals surface area contributed by atoms with Crippen LogP contribution >= 0.6 is 11.3 Å². The Balaban J connectivity index is 1.51. The summed E-state index contributed by atoms with van der Waals surface area (Å²) in [5.41, 5.74) is 3.54. The Morgan fingerprint density at radius 1 is 1.16 bits per heavy atom. The van der Waals surface area contributed by atoms with Crippen molar-refractivity contribution in [1.29, 1.82) is 0 Å². The van der Waals surface area contributed by atoms with Crippen molar-refractivity contribution in [2.45, 2.75) is 20.5 Å². The maximum absolute atomic E-state index is 12.4.